The van der Waals surface area contributed by atoms with Gasteiger partial charge in [-0.25, -0.2) is 0 Å². The monoisotopic (exact) mass is 331 g/mol. The van der Waals surface area contributed by atoms with Crippen molar-refractivity contribution in [3.63, 3.8) is 0 Å². The van der Waals surface area contributed by atoms with Gasteiger partial charge in [-0.15, -0.1) is 0 Å². The van der Waals surface area contributed by atoms with Gasteiger partial charge in [0.25, 0.3) is 0 Å². The number of benzene rings is 1. The zero-order valence-corrected chi connectivity index (χ0v) is 9.37. The third-order valence-electron chi connectivity index (χ3n) is 1.03. The minimum atomic E-state index is 0.732. The highest BCUT2D eigenvalue weighted by Crippen LogP contribution is 2.25. The molecule has 0 saturated carbocycles. The summed E-state index contributed by atoms with van der Waals surface area (Å²) >= 11 is 11.1. The SMILES string of the molecule is Clc1ccc(NI)cc1Br. The van der Waals surface area contributed by atoms with Gasteiger partial charge in [0.2, 0.25) is 0 Å². The molecule has 0 unspecified atom stereocenters. The van der Waals surface area contributed by atoms with Crippen LogP contribution in [-0.2, 0) is 0 Å². The van der Waals surface area contributed by atoms with E-state index >= 15 is 0 Å². The molecule has 0 aromatic heterocycles. The molecule has 1 aromatic rings. The van der Waals surface area contributed by atoms with Crippen molar-refractivity contribution in [1.29, 1.82) is 0 Å². The summed E-state index contributed by atoms with van der Waals surface area (Å²) in [5.41, 5.74) is 1.04. The molecule has 1 N–H and O–H groups in total. The summed E-state index contributed by atoms with van der Waals surface area (Å²) in [7, 11) is 0. The molecule has 1 rings (SSSR count). The number of hydrogen-bond donors (Lipinski definition) is 1. The van der Waals surface area contributed by atoms with Crippen molar-refractivity contribution in [2.24, 2.45) is 0 Å². The first kappa shape index (κ1) is 8.62. The molecule has 0 aliphatic heterocycles. The molecule has 4 heteroatoms. The molecule has 1 nitrogen and oxygen atoms in total. The number of rotatable bonds is 1. The minimum absolute atomic E-state index is 0.732. The van der Waals surface area contributed by atoms with Gasteiger partial charge in [0, 0.05) is 10.2 Å². The van der Waals surface area contributed by atoms with E-state index in [1.165, 1.54) is 0 Å². The zero-order chi connectivity index (χ0) is 7.56. The van der Waals surface area contributed by atoms with Gasteiger partial charge in [-0.1, -0.05) is 11.6 Å². The third-order valence-corrected chi connectivity index (χ3v) is 2.87. The Labute approximate surface area is 86.8 Å². The van der Waals surface area contributed by atoms with Crippen LogP contribution in [0.3, 0.4) is 0 Å². The van der Waals surface area contributed by atoms with E-state index in [1.807, 2.05) is 18.2 Å². The molecule has 0 bridgehead atoms. The van der Waals surface area contributed by atoms with Crippen LogP contribution in [-0.4, -0.2) is 0 Å². The number of anilines is 1. The zero-order valence-electron chi connectivity index (χ0n) is 4.87. The second kappa shape index (κ2) is 3.78. The van der Waals surface area contributed by atoms with Gasteiger partial charge in [-0.3, -0.25) is 0 Å². The quantitative estimate of drug-likeness (QED) is 0.608. The Morgan fingerprint density at radius 2 is 2.20 bits per heavy atom. The molecule has 0 aliphatic carbocycles. The van der Waals surface area contributed by atoms with E-state index < -0.39 is 0 Å². The Balaban J connectivity index is 3.04. The molecule has 0 heterocycles. The fourth-order valence-corrected chi connectivity index (χ4v) is 1.39. The van der Waals surface area contributed by atoms with Crippen LogP contribution < -0.4 is 3.53 Å². The van der Waals surface area contributed by atoms with Gasteiger partial charge in [-0.05, 0) is 34.1 Å². The second-order valence-electron chi connectivity index (χ2n) is 1.72. The summed E-state index contributed by atoms with van der Waals surface area (Å²) in [5.74, 6) is 0. The standard InChI is InChI=1S/C6H4BrClIN/c7-5-3-4(10-9)1-2-6(5)8/h1-3,10H. The highest BCUT2D eigenvalue weighted by Gasteiger charge is 1.95. The van der Waals surface area contributed by atoms with E-state index in [2.05, 4.69) is 42.3 Å². The smallest absolute Gasteiger partial charge is 0.0560 e. The highest BCUT2D eigenvalue weighted by molar-refractivity contribution is 14.1. The molecule has 1 aromatic carbocycles. The van der Waals surface area contributed by atoms with Gasteiger partial charge in [-0.2, -0.15) is 0 Å². The van der Waals surface area contributed by atoms with Crippen molar-refractivity contribution in [1.82, 2.24) is 0 Å². The molecular formula is C6H4BrClIN. The van der Waals surface area contributed by atoms with Crippen LogP contribution in [0.2, 0.25) is 5.02 Å². The first-order valence-corrected chi connectivity index (χ1v) is 4.80. The van der Waals surface area contributed by atoms with E-state index in [0.29, 0.717) is 0 Å². The van der Waals surface area contributed by atoms with Crippen molar-refractivity contribution in [3.8, 4) is 0 Å². The lowest BCUT2D eigenvalue weighted by atomic mass is 10.3. The lowest BCUT2D eigenvalue weighted by Crippen LogP contribution is -1.78. The first-order valence-electron chi connectivity index (χ1n) is 2.55. The summed E-state index contributed by atoms with van der Waals surface area (Å²) < 4.78 is 3.89. The Hall–Kier alpha value is 0.520. The molecule has 0 amide bonds. The molecule has 0 aliphatic rings. The predicted molar refractivity (Wildman–Crippen MR) is 56.8 cm³/mol. The van der Waals surface area contributed by atoms with Gasteiger partial charge < -0.3 is 3.53 Å². The maximum Gasteiger partial charge on any atom is 0.0560 e. The van der Waals surface area contributed by atoms with Crippen LogP contribution in [0.15, 0.2) is 22.7 Å². The van der Waals surface area contributed by atoms with E-state index in [1.54, 1.807) is 0 Å². The average molecular weight is 332 g/mol. The van der Waals surface area contributed by atoms with E-state index in [-0.39, 0.29) is 0 Å². The van der Waals surface area contributed by atoms with Crippen LogP contribution >= 0.6 is 50.4 Å². The molecule has 0 atom stereocenters. The Kier molecular flexibility index (Phi) is 3.26. The summed E-state index contributed by atoms with van der Waals surface area (Å²) in [6, 6.07) is 5.68. The molecular weight excluding hydrogens is 328 g/mol. The normalized spacial score (nSPS) is 9.50. The Morgan fingerprint density at radius 1 is 1.50 bits per heavy atom. The lowest BCUT2D eigenvalue weighted by Gasteiger charge is -1.98. The Morgan fingerprint density at radius 3 is 2.70 bits per heavy atom. The van der Waals surface area contributed by atoms with E-state index in [4.69, 9.17) is 11.6 Å². The van der Waals surface area contributed by atoms with Gasteiger partial charge >= 0.3 is 0 Å². The minimum Gasteiger partial charge on any atom is -0.328 e. The van der Waals surface area contributed by atoms with Crippen LogP contribution in [0, 0.1) is 0 Å². The van der Waals surface area contributed by atoms with Gasteiger partial charge in [0.05, 0.1) is 27.9 Å². The number of halogens is 3. The first-order chi connectivity index (χ1) is 4.74. The number of nitrogens with one attached hydrogen (secondary N) is 1. The van der Waals surface area contributed by atoms with Crippen molar-refractivity contribution in [2.75, 3.05) is 3.53 Å². The van der Waals surface area contributed by atoms with Crippen molar-refractivity contribution in [2.45, 2.75) is 0 Å². The highest BCUT2D eigenvalue weighted by atomic mass is 127. The predicted octanol–water partition coefficient (Wildman–Crippen LogP) is 3.86. The molecule has 0 spiro atoms. The fraction of sp³-hybridized carbons (Fsp3) is 0. The third kappa shape index (κ3) is 2.00. The lowest BCUT2D eigenvalue weighted by molar-refractivity contribution is 1.64. The van der Waals surface area contributed by atoms with Crippen LogP contribution in [0.4, 0.5) is 5.69 Å². The fourth-order valence-electron chi connectivity index (χ4n) is 0.555. The van der Waals surface area contributed by atoms with Crippen LogP contribution in [0.25, 0.3) is 0 Å². The van der Waals surface area contributed by atoms with Crippen LogP contribution in [0.1, 0.15) is 0 Å². The van der Waals surface area contributed by atoms with Crippen molar-refractivity contribution >= 4 is 56.1 Å². The number of hydrogen-bond acceptors (Lipinski definition) is 1. The van der Waals surface area contributed by atoms with Gasteiger partial charge in [0.1, 0.15) is 0 Å². The molecule has 0 saturated heterocycles. The van der Waals surface area contributed by atoms with Crippen molar-refractivity contribution < 1.29 is 0 Å². The second-order valence-corrected chi connectivity index (χ2v) is 3.52. The maximum atomic E-state index is 5.76. The van der Waals surface area contributed by atoms with Crippen LogP contribution in [0.5, 0.6) is 0 Å². The molecule has 54 valence electrons. The maximum absolute atomic E-state index is 5.76. The molecule has 0 radical (unpaired) electrons. The van der Waals surface area contributed by atoms with Gasteiger partial charge in [0.15, 0.2) is 0 Å². The molecule has 0 fully saturated rings. The van der Waals surface area contributed by atoms with E-state index in [9.17, 15) is 0 Å². The summed E-state index contributed by atoms with van der Waals surface area (Å²) in [6.45, 7) is 0. The Bertz CT molecular complexity index is 241. The molecule has 10 heavy (non-hydrogen) atoms. The summed E-state index contributed by atoms with van der Waals surface area (Å²) in [5, 5.41) is 0.732. The van der Waals surface area contributed by atoms with E-state index in [0.717, 1.165) is 15.2 Å². The topological polar surface area (TPSA) is 12.0 Å². The van der Waals surface area contributed by atoms with Crippen molar-refractivity contribution in [3.05, 3.63) is 27.7 Å². The largest absolute Gasteiger partial charge is 0.328 e. The summed E-state index contributed by atoms with van der Waals surface area (Å²) in [4.78, 5) is 0. The average Bonchev–Trinajstić information content (AvgIpc) is 1.95. The summed E-state index contributed by atoms with van der Waals surface area (Å²) in [6.07, 6.45) is 0.